The molecule has 1 unspecified atom stereocenters. The van der Waals surface area contributed by atoms with Gasteiger partial charge in [0.25, 0.3) is 0 Å². The number of piperidine rings is 1. The average Bonchev–Trinajstić information content (AvgIpc) is 3.35. The third kappa shape index (κ3) is 5.70. The van der Waals surface area contributed by atoms with Crippen molar-refractivity contribution in [3.05, 3.63) is 106 Å². The van der Waals surface area contributed by atoms with Crippen molar-refractivity contribution in [3.63, 3.8) is 0 Å². The van der Waals surface area contributed by atoms with Crippen molar-refractivity contribution in [2.75, 3.05) is 32.8 Å². The number of benzene rings is 3. The number of carbonyl (C=O) groups is 2. The van der Waals surface area contributed by atoms with Gasteiger partial charge in [0, 0.05) is 12.0 Å². The molecule has 210 valence electrons. The molecule has 0 bridgehead atoms. The molecule has 3 amide bonds. The van der Waals surface area contributed by atoms with Crippen LogP contribution in [0.3, 0.4) is 0 Å². The number of hydrogen-bond donors (Lipinski definition) is 1. The number of nitrogens with zero attached hydrogens (tertiary/aromatic N) is 2. The van der Waals surface area contributed by atoms with E-state index in [1.54, 1.807) is 0 Å². The minimum Gasteiger partial charge on any atom is -0.446 e. The number of urea groups is 1. The van der Waals surface area contributed by atoms with Gasteiger partial charge in [0.05, 0.1) is 0 Å². The minimum atomic E-state index is -1.05. The van der Waals surface area contributed by atoms with Crippen molar-refractivity contribution in [1.29, 1.82) is 0 Å². The number of likely N-dealkylation sites (tertiary alicyclic amines) is 1. The van der Waals surface area contributed by atoms with Crippen molar-refractivity contribution in [3.8, 4) is 0 Å². The molecule has 3 aromatic carbocycles. The highest BCUT2D eigenvalue weighted by Crippen LogP contribution is 2.42. The van der Waals surface area contributed by atoms with Gasteiger partial charge in [-0.05, 0) is 86.8 Å². The third-order valence-electron chi connectivity index (χ3n) is 8.06. The average molecular weight is 552 g/mol. The Morgan fingerprint density at radius 2 is 1.60 bits per heavy atom. The van der Waals surface area contributed by atoms with Crippen molar-refractivity contribution in [2.24, 2.45) is 0 Å². The van der Waals surface area contributed by atoms with Crippen LogP contribution in [0.5, 0.6) is 0 Å². The highest BCUT2D eigenvalue weighted by atomic mass is 19.2. The molecule has 2 heterocycles. The lowest BCUT2D eigenvalue weighted by atomic mass is 9.68. The van der Waals surface area contributed by atoms with Crippen LogP contribution in [0.1, 0.15) is 47.6 Å². The highest BCUT2D eigenvalue weighted by Gasteiger charge is 2.40. The lowest BCUT2D eigenvalue weighted by molar-refractivity contribution is 0.157. The van der Waals surface area contributed by atoms with Crippen molar-refractivity contribution >= 4 is 12.1 Å². The summed E-state index contributed by atoms with van der Waals surface area (Å²) in [4.78, 5) is 28.3. The van der Waals surface area contributed by atoms with E-state index in [9.17, 15) is 22.8 Å². The minimum absolute atomic E-state index is 0.123. The van der Waals surface area contributed by atoms with Crippen LogP contribution >= 0.6 is 0 Å². The van der Waals surface area contributed by atoms with Crippen molar-refractivity contribution in [1.82, 2.24) is 15.1 Å². The summed E-state index contributed by atoms with van der Waals surface area (Å²) in [7, 11) is 0. The van der Waals surface area contributed by atoms with E-state index in [1.165, 1.54) is 29.3 Å². The Labute approximate surface area is 231 Å². The maximum absolute atomic E-state index is 13.7. The zero-order chi connectivity index (χ0) is 28.3. The summed E-state index contributed by atoms with van der Waals surface area (Å²) >= 11 is 0. The first kappa shape index (κ1) is 27.7. The van der Waals surface area contributed by atoms with Crippen LogP contribution in [-0.4, -0.2) is 54.7 Å². The molecule has 3 aromatic rings. The molecule has 0 saturated carbocycles. The Morgan fingerprint density at radius 3 is 2.25 bits per heavy atom. The maximum Gasteiger partial charge on any atom is 0.418 e. The van der Waals surface area contributed by atoms with E-state index >= 15 is 0 Å². The molecular formula is C31H32F3N3O3. The molecule has 2 saturated heterocycles. The number of halogens is 3. The SMILES string of the molecule is Cc1ccc(C2(c3ccc(F)cc3)CCN(CCCNC(=O)N3C(=O)OCC3c3ccc(F)c(F)c3)CC2)cc1. The molecule has 1 N–H and O–H groups in total. The van der Waals surface area contributed by atoms with Gasteiger partial charge >= 0.3 is 12.1 Å². The largest absolute Gasteiger partial charge is 0.446 e. The van der Waals surface area contributed by atoms with Gasteiger partial charge in [-0.25, -0.2) is 27.7 Å². The number of hydrogen-bond acceptors (Lipinski definition) is 4. The zero-order valence-corrected chi connectivity index (χ0v) is 22.3. The van der Waals surface area contributed by atoms with E-state index in [1.807, 2.05) is 12.1 Å². The van der Waals surface area contributed by atoms with Gasteiger partial charge < -0.3 is 15.0 Å². The molecule has 9 heteroatoms. The Bertz CT molecular complexity index is 1310. The molecular weight excluding hydrogens is 519 g/mol. The van der Waals surface area contributed by atoms with Crippen LogP contribution in [0.25, 0.3) is 0 Å². The second-order valence-electron chi connectivity index (χ2n) is 10.5. The topological polar surface area (TPSA) is 61.9 Å². The lowest BCUT2D eigenvalue weighted by Gasteiger charge is -2.43. The third-order valence-corrected chi connectivity index (χ3v) is 8.06. The first-order chi connectivity index (χ1) is 19.3. The van der Waals surface area contributed by atoms with Gasteiger partial charge in [0.1, 0.15) is 18.5 Å². The van der Waals surface area contributed by atoms with Gasteiger partial charge in [0.2, 0.25) is 0 Å². The first-order valence-corrected chi connectivity index (χ1v) is 13.5. The molecule has 0 aromatic heterocycles. The van der Waals surface area contributed by atoms with Crippen molar-refractivity contribution in [2.45, 2.75) is 37.6 Å². The zero-order valence-electron chi connectivity index (χ0n) is 22.3. The van der Waals surface area contributed by atoms with Crippen molar-refractivity contribution < 1.29 is 27.5 Å². The van der Waals surface area contributed by atoms with Crippen LogP contribution < -0.4 is 5.32 Å². The van der Waals surface area contributed by atoms with Crippen LogP contribution in [0.4, 0.5) is 22.8 Å². The van der Waals surface area contributed by atoms with Crippen LogP contribution in [0.15, 0.2) is 66.7 Å². The van der Waals surface area contributed by atoms with E-state index < -0.39 is 29.8 Å². The number of amides is 3. The van der Waals surface area contributed by atoms with Crippen LogP contribution in [-0.2, 0) is 10.2 Å². The fraction of sp³-hybridized carbons (Fsp3) is 0.355. The Hall–Kier alpha value is -3.85. The summed E-state index contributed by atoms with van der Waals surface area (Å²) in [6.07, 6.45) is 1.60. The molecule has 0 spiro atoms. The molecule has 40 heavy (non-hydrogen) atoms. The number of ether oxygens (including phenoxy) is 1. The van der Waals surface area contributed by atoms with Gasteiger partial charge in [-0.15, -0.1) is 0 Å². The summed E-state index contributed by atoms with van der Waals surface area (Å²) in [6, 6.07) is 17.2. The predicted molar refractivity (Wildman–Crippen MR) is 144 cm³/mol. The quantitative estimate of drug-likeness (QED) is 0.361. The number of carbonyl (C=O) groups excluding carboxylic acids is 2. The summed E-state index contributed by atoms with van der Waals surface area (Å²) in [6.45, 7) is 4.72. The lowest BCUT2D eigenvalue weighted by Crippen LogP contribution is -2.45. The van der Waals surface area contributed by atoms with Gasteiger partial charge in [-0.2, -0.15) is 0 Å². The van der Waals surface area contributed by atoms with Gasteiger partial charge in [-0.3, -0.25) is 0 Å². The molecule has 2 aliphatic rings. The van der Waals surface area contributed by atoms with E-state index in [-0.39, 0.29) is 23.4 Å². The number of aryl methyl sites for hydroxylation is 1. The van der Waals surface area contributed by atoms with Crippen LogP contribution in [0.2, 0.25) is 0 Å². The summed E-state index contributed by atoms with van der Waals surface area (Å²) < 4.78 is 45.8. The Balaban J connectivity index is 1.16. The molecule has 5 rings (SSSR count). The second-order valence-corrected chi connectivity index (χ2v) is 10.5. The predicted octanol–water partition coefficient (Wildman–Crippen LogP) is 6.09. The molecule has 2 fully saturated rings. The fourth-order valence-electron chi connectivity index (χ4n) is 5.74. The summed E-state index contributed by atoms with van der Waals surface area (Å²) in [5, 5.41) is 2.76. The number of imide groups is 1. The summed E-state index contributed by atoms with van der Waals surface area (Å²) in [5.74, 6) is -2.30. The molecule has 1 atom stereocenters. The monoisotopic (exact) mass is 551 g/mol. The van der Waals surface area contributed by atoms with E-state index in [2.05, 4.69) is 41.4 Å². The fourth-order valence-corrected chi connectivity index (χ4v) is 5.74. The number of cyclic esters (lactones) is 1. The molecule has 2 aliphatic heterocycles. The van der Waals surface area contributed by atoms with E-state index in [0.717, 1.165) is 55.1 Å². The first-order valence-electron chi connectivity index (χ1n) is 13.5. The van der Waals surface area contributed by atoms with Crippen LogP contribution in [0, 0.1) is 24.4 Å². The maximum atomic E-state index is 13.7. The molecule has 0 radical (unpaired) electrons. The number of rotatable bonds is 7. The second kappa shape index (κ2) is 11.7. The smallest absolute Gasteiger partial charge is 0.418 e. The Morgan fingerprint density at radius 1 is 0.950 bits per heavy atom. The number of nitrogens with one attached hydrogen (secondary N) is 1. The van der Waals surface area contributed by atoms with E-state index in [4.69, 9.17) is 4.74 Å². The molecule has 0 aliphatic carbocycles. The summed E-state index contributed by atoms with van der Waals surface area (Å²) in [5.41, 5.74) is 3.61. The Kier molecular flexibility index (Phi) is 8.12. The van der Waals surface area contributed by atoms with Gasteiger partial charge in [-0.1, -0.05) is 48.0 Å². The van der Waals surface area contributed by atoms with E-state index in [0.29, 0.717) is 13.0 Å². The normalized spacial score (nSPS) is 18.9. The van der Waals surface area contributed by atoms with Gasteiger partial charge in [0.15, 0.2) is 11.6 Å². The molecule has 6 nitrogen and oxygen atoms in total. The standard InChI is InChI=1S/C31H32F3N3O3/c1-21-3-6-23(7-4-21)31(24-8-10-25(32)11-9-24)13-17-36(18-14-31)16-2-15-35-29(38)37-28(20-40-30(37)39)22-5-12-26(33)27(34)19-22/h3-12,19,28H,2,13-18,20H2,1H3,(H,35,38). The highest BCUT2D eigenvalue weighted by molar-refractivity contribution is 5.92.